The van der Waals surface area contributed by atoms with Gasteiger partial charge in [-0.1, -0.05) is 6.92 Å². The Morgan fingerprint density at radius 1 is 1.50 bits per heavy atom. The predicted octanol–water partition coefficient (Wildman–Crippen LogP) is 2.73. The lowest BCUT2D eigenvalue weighted by atomic mass is 10.0. The molecule has 1 atom stereocenters. The van der Waals surface area contributed by atoms with Gasteiger partial charge >= 0.3 is 0 Å². The fourth-order valence-corrected chi connectivity index (χ4v) is 2.35. The molecular formula is C12H16FN. The number of halogens is 1. The number of hydrogen-bond acceptors (Lipinski definition) is 1. The molecule has 2 rings (SSSR count). The van der Waals surface area contributed by atoms with Gasteiger partial charge in [0.05, 0.1) is 0 Å². The molecule has 0 aromatic heterocycles. The number of aryl methyl sites for hydroxylation is 1. The van der Waals surface area contributed by atoms with E-state index >= 15 is 0 Å². The van der Waals surface area contributed by atoms with Crippen LogP contribution in [0.25, 0.3) is 0 Å². The summed E-state index contributed by atoms with van der Waals surface area (Å²) < 4.78 is 13.2. The summed E-state index contributed by atoms with van der Waals surface area (Å²) in [7, 11) is 0. The first kappa shape index (κ1) is 9.66. The molecule has 1 aromatic rings. The topological polar surface area (TPSA) is 12.0 Å². The van der Waals surface area contributed by atoms with Crippen LogP contribution in [0.4, 0.5) is 4.39 Å². The van der Waals surface area contributed by atoms with Gasteiger partial charge in [-0.2, -0.15) is 0 Å². The molecule has 0 saturated heterocycles. The molecule has 1 N–H and O–H groups in total. The van der Waals surface area contributed by atoms with E-state index in [-0.39, 0.29) is 5.82 Å². The highest BCUT2D eigenvalue weighted by Gasteiger charge is 2.23. The molecular weight excluding hydrogens is 177 g/mol. The van der Waals surface area contributed by atoms with Crippen molar-refractivity contribution < 1.29 is 4.39 Å². The molecule has 1 nitrogen and oxygen atoms in total. The summed E-state index contributed by atoms with van der Waals surface area (Å²) in [6, 6.07) is 3.68. The summed E-state index contributed by atoms with van der Waals surface area (Å²) >= 11 is 0. The van der Waals surface area contributed by atoms with Crippen LogP contribution in [0.5, 0.6) is 0 Å². The summed E-state index contributed by atoms with van der Waals surface area (Å²) in [6.45, 7) is 5.03. The fourth-order valence-electron chi connectivity index (χ4n) is 2.35. The van der Waals surface area contributed by atoms with Gasteiger partial charge < -0.3 is 5.32 Å². The van der Waals surface area contributed by atoms with Crippen LogP contribution in [-0.2, 0) is 6.42 Å². The number of nitrogens with one attached hydrogen (secondary N) is 1. The zero-order chi connectivity index (χ0) is 10.1. The van der Waals surface area contributed by atoms with Crippen molar-refractivity contribution in [2.24, 2.45) is 0 Å². The first-order valence-corrected chi connectivity index (χ1v) is 5.24. The summed E-state index contributed by atoms with van der Waals surface area (Å²) in [5, 5.41) is 3.39. The third kappa shape index (κ3) is 1.55. The molecule has 0 aliphatic heterocycles. The van der Waals surface area contributed by atoms with Crippen LogP contribution in [0.3, 0.4) is 0 Å². The maximum atomic E-state index is 13.2. The highest BCUT2D eigenvalue weighted by molar-refractivity contribution is 5.40. The Bertz CT molecular complexity index is 346. The van der Waals surface area contributed by atoms with E-state index in [4.69, 9.17) is 0 Å². The molecule has 0 bridgehead atoms. The third-order valence-electron chi connectivity index (χ3n) is 2.98. The van der Waals surface area contributed by atoms with Gasteiger partial charge in [0, 0.05) is 6.04 Å². The molecule has 1 aromatic carbocycles. The lowest BCUT2D eigenvalue weighted by Gasteiger charge is -2.12. The van der Waals surface area contributed by atoms with E-state index in [1.54, 1.807) is 12.1 Å². The fraction of sp³-hybridized carbons (Fsp3) is 0.500. The Hall–Kier alpha value is -0.890. The van der Waals surface area contributed by atoms with Crippen LogP contribution in [0, 0.1) is 12.7 Å². The minimum Gasteiger partial charge on any atom is -0.310 e. The van der Waals surface area contributed by atoms with E-state index in [9.17, 15) is 4.39 Å². The third-order valence-corrected chi connectivity index (χ3v) is 2.98. The van der Waals surface area contributed by atoms with Crippen molar-refractivity contribution in [2.45, 2.75) is 32.7 Å². The number of rotatable bonds is 2. The molecule has 1 aliphatic carbocycles. The zero-order valence-corrected chi connectivity index (χ0v) is 8.73. The molecule has 1 unspecified atom stereocenters. The van der Waals surface area contributed by atoms with E-state index in [1.165, 1.54) is 11.1 Å². The largest absolute Gasteiger partial charge is 0.310 e. The van der Waals surface area contributed by atoms with Crippen molar-refractivity contribution >= 4 is 0 Å². The van der Waals surface area contributed by atoms with Crippen LogP contribution < -0.4 is 5.32 Å². The minimum absolute atomic E-state index is 0.106. The van der Waals surface area contributed by atoms with Crippen molar-refractivity contribution in [2.75, 3.05) is 6.54 Å². The Labute approximate surface area is 84.3 Å². The Balaban J connectivity index is 2.38. The highest BCUT2D eigenvalue weighted by atomic mass is 19.1. The van der Waals surface area contributed by atoms with Gasteiger partial charge in [0.15, 0.2) is 0 Å². The van der Waals surface area contributed by atoms with E-state index in [1.807, 2.05) is 6.92 Å². The quantitative estimate of drug-likeness (QED) is 0.761. The van der Waals surface area contributed by atoms with E-state index in [2.05, 4.69) is 12.2 Å². The molecule has 0 saturated carbocycles. The molecule has 0 radical (unpaired) electrons. The molecule has 0 spiro atoms. The van der Waals surface area contributed by atoms with E-state index in [0.29, 0.717) is 6.04 Å². The van der Waals surface area contributed by atoms with Gasteiger partial charge in [-0.25, -0.2) is 4.39 Å². The van der Waals surface area contributed by atoms with Crippen LogP contribution >= 0.6 is 0 Å². The Morgan fingerprint density at radius 3 is 3.00 bits per heavy atom. The second-order valence-corrected chi connectivity index (χ2v) is 3.94. The first-order chi connectivity index (χ1) is 6.72. The van der Waals surface area contributed by atoms with Crippen molar-refractivity contribution in [1.82, 2.24) is 5.32 Å². The molecule has 0 heterocycles. The predicted molar refractivity (Wildman–Crippen MR) is 55.9 cm³/mol. The van der Waals surface area contributed by atoms with Crippen LogP contribution in [0.1, 0.15) is 36.1 Å². The number of fused-ring (bicyclic) bond motifs is 1. The lowest BCUT2D eigenvalue weighted by Crippen LogP contribution is -2.18. The normalized spacial score (nSPS) is 19.8. The first-order valence-electron chi connectivity index (χ1n) is 5.24. The highest BCUT2D eigenvalue weighted by Crippen LogP contribution is 2.33. The number of benzene rings is 1. The smallest absolute Gasteiger partial charge is 0.123 e. The maximum Gasteiger partial charge on any atom is 0.123 e. The second kappa shape index (κ2) is 3.70. The zero-order valence-electron chi connectivity index (χ0n) is 8.73. The molecule has 76 valence electrons. The maximum absolute atomic E-state index is 13.2. The van der Waals surface area contributed by atoms with Crippen LogP contribution in [0.2, 0.25) is 0 Å². The monoisotopic (exact) mass is 193 g/mol. The molecule has 14 heavy (non-hydrogen) atoms. The van der Waals surface area contributed by atoms with Crippen LogP contribution in [0.15, 0.2) is 12.1 Å². The van der Waals surface area contributed by atoms with Crippen LogP contribution in [-0.4, -0.2) is 6.54 Å². The van der Waals surface area contributed by atoms with Gasteiger partial charge in [-0.3, -0.25) is 0 Å². The number of hydrogen-bond donors (Lipinski definition) is 1. The summed E-state index contributed by atoms with van der Waals surface area (Å²) in [5.74, 6) is -0.106. The van der Waals surface area contributed by atoms with E-state index < -0.39 is 0 Å². The van der Waals surface area contributed by atoms with Gasteiger partial charge in [0.1, 0.15) is 5.82 Å². The van der Waals surface area contributed by atoms with Gasteiger partial charge in [-0.15, -0.1) is 0 Å². The molecule has 0 fully saturated rings. The van der Waals surface area contributed by atoms with Gasteiger partial charge in [0.25, 0.3) is 0 Å². The Kier molecular flexibility index (Phi) is 2.55. The van der Waals surface area contributed by atoms with Gasteiger partial charge in [-0.05, 0) is 55.1 Å². The SMILES string of the molecule is CCNC1CCc2c(C)cc(F)cc21. The van der Waals surface area contributed by atoms with Crippen molar-refractivity contribution in [3.8, 4) is 0 Å². The van der Waals surface area contributed by atoms with Gasteiger partial charge in [0.2, 0.25) is 0 Å². The van der Waals surface area contributed by atoms with E-state index in [0.717, 1.165) is 24.9 Å². The van der Waals surface area contributed by atoms with Crippen molar-refractivity contribution in [3.05, 3.63) is 34.6 Å². The van der Waals surface area contributed by atoms with Crippen molar-refractivity contribution in [1.29, 1.82) is 0 Å². The molecule has 1 aliphatic rings. The summed E-state index contributed by atoms with van der Waals surface area (Å²) in [4.78, 5) is 0. The lowest BCUT2D eigenvalue weighted by molar-refractivity contribution is 0.545. The standard InChI is InChI=1S/C12H16FN/c1-3-14-12-5-4-10-8(2)6-9(13)7-11(10)12/h6-7,12,14H,3-5H2,1-2H3. The average molecular weight is 193 g/mol. The second-order valence-electron chi connectivity index (χ2n) is 3.94. The summed E-state index contributed by atoms with van der Waals surface area (Å²) in [5.41, 5.74) is 3.61. The average Bonchev–Trinajstić information content (AvgIpc) is 2.49. The van der Waals surface area contributed by atoms with Crippen molar-refractivity contribution in [3.63, 3.8) is 0 Å². The minimum atomic E-state index is -0.106. The molecule has 0 amide bonds. The molecule has 2 heteroatoms. The Morgan fingerprint density at radius 2 is 2.29 bits per heavy atom. The summed E-state index contributed by atoms with van der Waals surface area (Å²) in [6.07, 6.45) is 2.19.